The molecule has 2 saturated carbocycles. The van der Waals surface area contributed by atoms with E-state index in [-0.39, 0.29) is 17.0 Å². The van der Waals surface area contributed by atoms with Gasteiger partial charge in [0.05, 0.1) is 12.1 Å². The average molecular weight is 936 g/mol. The van der Waals surface area contributed by atoms with Crippen molar-refractivity contribution in [2.45, 2.75) is 256 Å². The van der Waals surface area contributed by atoms with Crippen LogP contribution < -0.4 is 0 Å². The van der Waals surface area contributed by atoms with Crippen LogP contribution in [0.4, 0.5) is 0 Å². The van der Waals surface area contributed by atoms with Crippen molar-refractivity contribution in [1.29, 1.82) is 0 Å². The highest BCUT2D eigenvalue weighted by Gasteiger charge is 2.71. The molecule has 0 bridgehead atoms. The van der Waals surface area contributed by atoms with Gasteiger partial charge in [-0.25, -0.2) is 0 Å². The molecule has 3 aliphatic heterocycles. The summed E-state index contributed by atoms with van der Waals surface area (Å²) in [6.45, 7) is 43.9. The Morgan fingerprint density at radius 1 is 0.623 bits per heavy atom. The van der Waals surface area contributed by atoms with Gasteiger partial charge in [-0.05, 0) is 182 Å². The molecular formula is C65H102BN3. The van der Waals surface area contributed by atoms with Crippen LogP contribution in [0.2, 0.25) is 5.82 Å². The van der Waals surface area contributed by atoms with Gasteiger partial charge in [0.2, 0.25) is 6.71 Å². The van der Waals surface area contributed by atoms with Crippen molar-refractivity contribution in [2.24, 2.45) is 68.0 Å². The lowest BCUT2D eigenvalue weighted by atomic mass is 9.24. The summed E-state index contributed by atoms with van der Waals surface area (Å²) in [6.07, 6.45) is 41.2. The first-order valence-corrected chi connectivity index (χ1v) is 29.4. The maximum Gasteiger partial charge on any atom is 0.216 e. The highest BCUT2D eigenvalue weighted by atomic mass is 15.3. The van der Waals surface area contributed by atoms with Crippen LogP contribution in [0.25, 0.3) is 0 Å². The van der Waals surface area contributed by atoms with E-state index in [1.807, 2.05) is 10.9 Å². The third kappa shape index (κ3) is 8.43. The second kappa shape index (κ2) is 17.1. The number of nitrogens with zero attached hydrogens (tertiary/aromatic N) is 3. The molecule has 7 aliphatic carbocycles. The summed E-state index contributed by atoms with van der Waals surface area (Å²) in [5.74, 6) is 4.85. The molecule has 0 aromatic rings. The van der Waals surface area contributed by atoms with Crippen LogP contribution in [0.5, 0.6) is 0 Å². The van der Waals surface area contributed by atoms with Gasteiger partial charge < -0.3 is 14.7 Å². The fourth-order valence-corrected chi connectivity index (χ4v) is 17.8. The van der Waals surface area contributed by atoms with E-state index in [4.69, 9.17) is 0 Å². The minimum atomic E-state index is 0.0913. The molecular weight excluding hydrogens is 834 g/mol. The zero-order chi connectivity index (χ0) is 49.6. The topological polar surface area (TPSA) is 9.72 Å². The molecule has 69 heavy (non-hydrogen) atoms. The van der Waals surface area contributed by atoms with E-state index in [0.717, 1.165) is 36.5 Å². The second-order valence-electron chi connectivity index (χ2n) is 31.4. The van der Waals surface area contributed by atoms with Crippen LogP contribution in [0.3, 0.4) is 0 Å². The lowest BCUT2D eigenvalue weighted by Gasteiger charge is -2.60. The Kier molecular flexibility index (Phi) is 12.4. The average Bonchev–Trinajstić information content (AvgIpc) is 3.45. The summed E-state index contributed by atoms with van der Waals surface area (Å²) >= 11 is 0. The van der Waals surface area contributed by atoms with E-state index >= 15 is 0 Å². The Balaban J connectivity index is 1.20. The van der Waals surface area contributed by atoms with Gasteiger partial charge in [0.15, 0.2) is 0 Å². The molecule has 4 fully saturated rings. The van der Waals surface area contributed by atoms with Crippen molar-refractivity contribution in [2.75, 3.05) is 0 Å². The second-order valence-corrected chi connectivity index (χ2v) is 31.4. The van der Waals surface area contributed by atoms with Gasteiger partial charge in [-0.1, -0.05) is 165 Å². The van der Waals surface area contributed by atoms with Crippen LogP contribution in [-0.4, -0.2) is 45.1 Å². The van der Waals surface area contributed by atoms with Crippen molar-refractivity contribution in [1.82, 2.24) is 14.7 Å². The van der Waals surface area contributed by atoms with Gasteiger partial charge in [-0.2, -0.15) is 0 Å². The fourth-order valence-electron chi connectivity index (χ4n) is 17.8. The third-order valence-corrected chi connectivity index (χ3v) is 22.3. The minimum Gasteiger partial charge on any atom is -0.364 e. The Hall–Kier alpha value is -2.36. The van der Waals surface area contributed by atoms with Gasteiger partial charge in [-0.3, -0.25) is 0 Å². The zero-order valence-corrected chi connectivity index (χ0v) is 47.8. The molecule has 10 aliphatic rings. The molecule has 380 valence electrons. The summed E-state index contributed by atoms with van der Waals surface area (Å²) in [5.41, 5.74) is 14.0. The Bertz CT molecular complexity index is 2210. The molecule has 0 amide bonds. The molecule has 3 heterocycles. The summed E-state index contributed by atoms with van der Waals surface area (Å²) in [6, 6.07) is 1.32. The highest BCUT2D eigenvalue weighted by Crippen LogP contribution is 2.72. The van der Waals surface area contributed by atoms with Crippen LogP contribution in [0, 0.1) is 68.0 Å². The van der Waals surface area contributed by atoms with E-state index in [1.165, 1.54) is 102 Å². The number of allylic oxidation sites excluding steroid dienone is 9. The minimum absolute atomic E-state index is 0.0913. The predicted molar refractivity (Wildman–Crippen MR) is 296 cm³/mol. The molecule has 1 spiro atoms. The van der Waals surface area contributed by atoms with Crippen LogP contribution in [-0.2, 0) is 0 Å². The standard InChI is InChI=1S/C65H102BN3/c1-59(2,3)42-21-28-47(29-22-42)67(48-30-23-43(24-31-48)60(4,5)6)50-40-55-57-56(41-50)69-58-51(65(64(69,16)17)35-19-18-20-36-65)37-46(63(13,14)15)39-53(58)66(57)52-38-45(62(10,11)12)27-34-54(52)68(55)49-32-25-44(26-33-49)61(7,8)9/h21,25,28-30,32,41-46,49-51,53,58H,18-20,22-24,26-27,31,33-40H2,1-17H3. The van der Waals surface area contributed by atoms with Crippen LogP contribution >= 0.6 is 0 Å². The lowest BCUT2D eigenvalue weighted by molar-refractivity contribution is 0.0127. The van der Waals surface area contributed by atoms with Crippen molar-refractivity contribution in [3.63, 3.8) is 0 Å². The van der Waals surface area contributed by atoms with E-state index in [0.29, 0.717) is 63.5 Å². The first-order valence-electron chi connectivity index (χ1n) is 29.4. The van der Waals surface area contributed by atoms with Crippen molar-refractivity contribution < 1.29 is 0 Å². The fraction of sp³-hybridized carbons (Fsp3) is 0.785. The van der Waals surface area contributed by atoms with E-state index in [1.54, 1.807) is 22.8 Å². The monoisotopic (exact) mass is 936 g/mol. The van der Waals surface area contributed by atoms with Crippen molar-refractivity contribution in [3.8, 4) is 0 Å². The number of hydrogen-bond donors (Lipinski definition) is 0. The number of rotatable bonds is 4. The molecule has 0 aromatic heterocycles. The molecule has 0 N–H and O–H groups in total. The van der Waals surface area contributed by atoms with Gasteiger partial charge >= 0.3 is 0 Å². The molecule has 10 atom stereocenters. The summed E-state index contributed by atoms with van der Waals surface area (Å²) in [4.78, 5) is 9.36. The SMILES string of the molecule is CC(C)(C)C1C=CC(N(C2=CCC(C(C)(C)C)CC2)C2C=C3C4=C(C2)N(C2C=CC(C(C)(C)C)CC2)C2=C(CC(C(C)(C)C)CC2)B4C2CC(C(C)(C)C)CC4C2N3C(C)(C)C42CCCCC2)=CC1. The van der Waals surface area contributed by atoms with Gasteiger partial charge in [-0.15, -0.1) is 0 Å². The Morgan fingerprint density at radius 3 is 1.86 bits per heavy atom. The molecule has 10 unspecified atom stereocenters. The quantitative estimate of drug-likeness (QED) is 0.205. The summed E-state index contributed by atoms with van der Waals surface area (Å²) in [7, 11) is 0. The van der Waals surface area contributed by atoms with E-state index in [9.17, 15) is 0 Å². The number of hydrogen-bond acceptors (Lipinski definition) is 3. The van der Waals surface area contributed by atoms with Crippen molar-refractivity contribution >= 4 is 6.71 Å². The molecule has 4 heteroatoms. The zero-order valence-electron chi connectivity index (χ0n) is 47.8. The smallest absolute Gasteiger partial charge is 0.216 e. The highest BCUT2D eigenvalue weighted by molar-refractivity contribution is 6.77. The molecule has 0 aromatic carbocycles. The van der Waals surface area contributed by atoms with Gasteiger partial charge in [0.25, 0.3) is 0 Å². The maximum atomic E-state index is 3.27. The third-order valence-electron chi connectivity index (χ3n) is 22.3. The Morgan fingerprint density at radius 2 is 1.29 bits per heavy atom. The normalized spacial score (nSPS) is 35.7. The first kappa shape index (κ1) is 50.2. The maximum absolute atomic E-state index is 3.27. The molecule has 10 rings (SSSR count). The lowest BCUT2D eigenvalue weighted by Crippen LogP contribution is -2.61. The van der Waals surface area contributed by atoms with Gasteiger partial charge in [0, 0.05) is 46.5 Å². The van der Waals surface area contributed by atoms with Crippen LogP contribution in [0.15, 0.2) is 82.0 Å². The Labute approximate surface area is 425 Å². The van der Waals surface area contributed by atoms with E-state index in [2.05, 4.69) is 175 Å². The molecule has 2 saturated heterocycles. The number of fused-ring (bicyclic) bond motifs is 4. The predicted octanol–water partition coefficient (Wildman–Crippen LogP) is 17.7. The molecule has 0 radical (unpaired) electrons. The van der Waals surface area contributed by atoms with E-state index < -0.39 is 0 Å². The van der Waals surface area contributed by atoms with Crippen LogP contribution in [0.1, 0.15) is 227 Å². The largest absolute Gasteiger partial charge is 0.364 e. The first-order chi connectivity index (χ1) is 32.1. The van der Waals surface area contributed by atoms with Gasteiger partial charge in [0.1, 0.15) is 0 Å². The molecule has 3 nitrogen and oxygen atoms in total. The van der Waals surface area contributed by atoms with Crippen molar-refractivity contribution in [3.05, 3.63) is 82.0 Å². The summed E-state index contributed by atoms with van der Waals surface area (Å²) < 4.78 is 0. The summed E-state index contributed by atoms with van der Waals surface area (Å²) in [5, 5.41) is 0.